The third kappa shape index (κ3) is 5.28. The van der Waals surface area contributed by atoms with Gasteiger partial charge in [0.1, 0.15) is 22.8 Å². The van der Waals surface area contributed by atoms with E-state index < -0.39 is 5.97 Å². The van der Waals surface area contributed by atoms with E-state index in [1.54, 1.807) is 31.4 Å². The van der Waals surface area contributed by atoms with Gasteiger partial charge >= 0.3 is 5.97 Å². The number of hydrogen-bond donors (Lipinski definition) is 1. The van der Waals surface area contributed by atoms with Crippen molar-refractivity contribution in [2.75, 3.05) is 27.1 Å². The first kappa shape index (κ1) is 16.8. The zero-order valence-corrected chi connectivity index (χ0v) is 12.7. The summed E-state index contributed by atoms with van der Waals surface area (Å²) in [6, 6.07) is 13.6. The molecule has 0 bridgehead atoms. The van der Waals surface area contributed by atoms with E-state index in [2.05, 4.69) is 0 Å². The van der Waals surface area contributed by atoms with Crippen LogP contribution in [0.2, 0.25) is 0 Å². The first-order chi connectivity index (χ1) is 11.2. The SMILES string of the molecule is COCCOCOc1ccc(Oc2ccccc2)c(C(=O)O)c1. The Morgan fingerprint density at radius 2 is 1.83 bits per heavy atom. The highest BCUT2D eigenvalue weighted by Crippen LogP contribution is 2.28. The smallest absolute Gasteiger partial charge is 0.339 e. The molecule has 2 aromatic carbocycles. The van der Waals surface area contributed by atoms with Crippen LogP contribution in [0.1, 0.15) is 10.4 Å². The number of aromatic carboxylic acids is 1. The lowest BCUT2D eigenvalue weighted by atomic mass is 10.2. The molecule has 6 heteroatoms. The fourth-order valence-electron chi connectivity index (χ4n) is 1.78. The van der Waals surface area contributed by atoms with E-state index in [4.69, 9.17) is 18.9 Å². The van der Waals surface area contributed by atoms with Crippen LogP contribution in [0.15, 0.2) is 48.5 Å². The fraction of sp³-hybridized carbons (Fsp3) is 0.235. The number of carbonyl (C=O) groups is 1. The standard InChI is InChI=1S/C17H18O6/c1-20-9-10-21-12-22-14-7-8-16(15(11-14)17(18)19)23-13-5-3-2-4-6-13/h2-8,11H,9-10,12H2,1H3,(H,18,19). The summed E-state index contributed by atoms with van der Waals surface area (Å²) in [6.07, 6.45) is 0. The van der Waals surface area contributed by atoms with Crippen LogP contribution >= 0.6 is 0 Å². The van der Waals surface area contributed by atoms with Crippen molar-refractivity contribution in [2.24, 2.45) is 0 Å². The molecular formula is C17H18O6. The second kappa shape index (κ2) is 8.77. The van der Waals surface area contributed by atoms with Crippen LogP contribution in [0, 0.1) is 0 Å². The highest BCUT2D eigenvalue weighted by atomic mass is 16.7. The zero-order chi connectivity index (χ0) is 16.5. The van der Waals surface area contributed by atoms with Crippen LogP contribution in [0.25, 0.3) is 0 Å². The summed E-state index contributed by atoms with van der Waals surface area (Å²) in [5, 5.41) is 9.33. The van der Waals surface area contributed by atoms with Crippen LogP contribution in [0.3, 0.4) is 0 Å². The maximum Gasteiger partial charge on any atom is 0.339 e. The van der Waals surface area contributed by atoms with Crippen LogP contribution in [-0.4, -0.2) is 38.2 Å². The van der Waals surface area contributed by atoms with Crippen LogP contribution in [-0.2, 0) is 9.47 Å². The molecule has 1 N–H and O–H groups in total. The Morgan fingerprint density at radius 3 is 2.52 bits per heavy atom. The molecule has 0 saturated carbocycles. The summed E-state index contributed by atoms with van der Waals surface area (Å²) in [4.78, 5) is 11.4. The Labute approximate surface area is 134 Å². The molecule has 0 aliphatic heterocycles. The fourth-order valence-corrected chi connectivity index (χ4v) is 1.78. The molecule has 0 unspecified atom stereocenters. The number of hydrogen-bond acceptors (Lipinski definition) is 5. The molecule has 2 aromatic rings. The maximum absolute atomic E-state index is 11.4. The molecule has 0 aromatic heterocycles. The van der Waals surface area contributed by atoms with E-state index in [9.17, 15) is 9.90 Å². The maximum atomic E-state index is 11.4. The van der Waals surface area contributed by atoms with Crippen molar-refractivity contribution in [3.63, 3.8) is 0 Å². The average molecular weight is 318 g/mol. The lowest BCUT2D eigenvalue weighted by molar-refractivity contribution is -0.00854. The quantitative estimate of drug-likeness (QED) is 0.565. The van der Waals surface area contributed by atoms with Crippen molar-refractivity contribution in [1.82, 2.24) is 0 Å². The van der Waals surface area contributed by atoms with Gasteiger partial charge in [-0.1, -0.05) is 18.2 Å². The minimum atomic E-state index is -1.10. The van der Waals surface area contributed by atoms with Crippen molar-refractivity contribution < 1.29 is 28.8 Å². The van der Waals surface area contributed by atoms with E-state index in [1.165, 1.54) is 6.07 Å². The monoisotopic (exact) mass is 318 g/mol. The largest absolute Gasteiger partial charge is 0.478 e. The van der Waals surface area contributed by atoms with E-state index >= 15 is 0 Å². The lowest BCUT2D eigenvalue weighted by Gasteiger charge is -2.11. The Morgan fingerprint density at radius 1 is 1.04 bits per heavy atom. The molecule has 0 aliphatic carbocycles. The van der Waals surface area contributed by atoms with Crippen LogP contribution in [0.4, 0.5) is 0 Å². The van der Waals surface area contributed by atoms with Gasteiger partial charge in [0.15, 0.2) is 6.79 Å². The second-order valence-electron chi connectivity index (χ2n) is 4.54. The molecule has 0 heterocycles. The van der Waals surface area contributed by atoms with Gasteiger partial charge in [-0.15, -0.1) is 0 Å². The summed E-state index contributed by atoms with van der Waals surface area (Å²) < 4.78 is 21.0. The van der Waals surface area contributed by atoms with Gasteiger partial charge in [0.2, 0.25) is 0 Å². The number of benzene rings is 2. The van der Waals surface area contributed by atoms with E-state index in [0.717, 1.165) is 0 Å². The van der Waals surface area contributed by atoms with Gasteiger partial charge in [-0.3, -0.25) is 0 Å². The first-order valence-electron chi connectivity index (χ1n) is 7.00. The third-order valence-corrected chi connectivity index (χ3v) is 2.89. The summed E-state index contributed by atoms with van der Waals surface area (Å²) in [5.41, 5.74) is 0.0169. The molecule has 0 amide bonds. The van der Waals surface area contributed by atoms with Crippen LogP contribution in [0.5, 0.6) is 17.2 Å². The summed E-state index contributed by atoms with van der Waals surface area (Å²) in [6.45, 7) is 0.881. The van der Waals surface area contributed by atoms with Crippen molar-refractivity contribution in [1.29, 1.82) is 0 Å². The highest BCUT2D eigenvalue weighted by Gasteiger charge is 2.14. The molecule has 0 fully saturated rings. The van der Waals surface area contributed by atoms with E-state index in [-0.39, 0.29) is 18.1 Å². The molecule has 0 aliphatic rings. The first-order valence-corrected chi connectivity index (χ1v) is 7.00. The molecule has 0 radical (unpaired) electrons. The molecule has 6 nitrogen and oxygen atoms in total. The second-order valence-corrected chi connectivity index (χ2v) is 4.54. The van der Waals surface area contributed by atoms with E-state index in [0.29, 0.717) is 24.7 Å². The topological polar surface area (TPSA) is 74.2 Å². The Bertz CT molecular complexity index is 626. The third-order valence-electron chi connectivity index (χ3n) is 2.89. The molecule has 23 heavy (non-hydrogen) atoms. The minimum absolute atomic E-state index is 0.0152. The molecule has 2 rings (SSSR count). The molecule has 0 saturated heterocycles. The molecular weight excluding hydrogens is 300 g/mol. The van der Waals surface area contributed by atoms with Crippen molar-refractivity contribution in [2.45, 2.75) is 0 Å². The average Bonchev–Trinajstić information content (AvgIpc) is 2.56. The highest BCUT2D eigenvalue weighted by molar-refractivity contribution is 5.91. The van der Waals surface area contributed by atoms with Gasteiger partial charge in [-0.2, -0.15) is 0 Å². The summed E-state index contributed by atoms with van der Waals surface area (Å²) in [7, 11) is 1.58. The van der Waals surface area contributed by atoms with Gasteiger partial charge in [0, 0.05) is 7.11 Å². The van der Waals surface area contributed by atoms with Gasteiger partial charge < -0.3 is 24.1 Å². The molecule has 122 valence electrons. The van der Waals surface area contributed by atoms with Crippen molar-refractivity contribution in [3.8, 4) is 17.2 Å². The van der Waals surface area contributed by atoms with E-state index in [1.807, 2.05) is 18.2 Å². The number of methoxy groups -OCH3 is 1. The normalized spacial score (nSPS) is 10.3. The minimum Gasteiger partial charge on any atom is -0.478 e. The number of rotatable bonds is 9. The number of ether oxygens (including phenoxy) is 4. The lowest BCUT2D eigenvalue weighted by Crippen LogP contribution is -2.08. The summed E-state index contributed by atoms with van der Waals surface area (Å²) >= 11 is 0. The predicted molar refractivity (Wildman–Crippen MR) is 83.2 cm³/mol. The molecule has 0 spiro atoms. The summed E-state index contributed by atoms with van der Waals surface area (Å²) in [5.74, 6) is 0.102. The van der Waals surface area contributed by atoms with Crippen molar-refractivity contribution >= 4 is 5.97 Å². The van der Waals surface area contributed by atoms with Crippen LogP contribution < -0.4 is 9.47 Å². The number of para-hydroxylation sites is 1. The Balaban J connectivity index is 2.04. The Hall–Kier alpha value is -2.57. The number of carboxylic acid groups (broad SMARTS) is 1. The number of carboxylic acids is 1. The van der Waals surface area contributed by atoms with Gasteiger partial charge in [0.05, 0.1) is 13.2 Å². The van der Waals surface area contributed by atoms with Gasteiger partial charge in [-0.05, 0) is 30.3 Å². The predicted octanol–water partition coefficient (Wildman–Crippen LogP) is 3.18. The molecule has 0 atom stereocenters. The van der Waals surface area contributed by atoms with Gasteiger partial charge in [-0.25, -0.2) is 4.79 Å². The van der Waals surface area contributed by atoms with Gasteiger partial charge in [0.25, 0.3) is 0 Å². The zero-order valence-electron chi connectivity index (χ0n) is 12.7. The van der Waals surface area contributed by atoms with Crippen molar-refractivity contribution in [3.05, 3.63) is 54.1 Å². The Kier molecular flexibility index (Phi) is 6.40.